The third kappa shape index (κ3) is 4.84. The molecule has 1 aliphatic carbocycles. The minimum Gasteiger partial charge on any atom is -0.378 e. The Hall–Kier alpha value is -1.82. The number of nitrogens with one attached hydrogen (secondary N) is 1. The minimum absolute atomic E-state index is 0.476. The monoisotopic (exact) mass is 331 g/mol. The van der Waals surface area contributed by atoms with Crippen molar-refractivity contribution in [3.8, 4) is 0 Å². The summed E-state index contributed by atoms with van der Waals surface area (Å²) in [5.41, 5.74) is 7.23. The largest absolute Gasteiger partial charge is 0.378 e. The molecule has 0 bridgehead atoms. The van der Waals surface area contributed by atoms with Gasteiger partial charge in [-0.05, 0) is 18.9 Å². The number of aromatic nitrogens is 1. The summed E-state index contributed by atoms with van der Waals surface area (Å²) in [6, 6.07) is 4.52. The van der Waals surface area contributed by atoms with Crippen molar-refractivity contribution in [1.29, 1.82) is 0 Å². The molecule has 0 unspecified atom stereocenters. The van der Waals surface area contributed by atoms with Gasteiger partial charge in [0.05, 0.1) is 19.8 Å². The van der Waals surface area contributed by atoms with E-state index >= 15 is 0 Å². The van der Waals surface area contributed by atoms with Gasteiger partial charge in [-0.3, -0.25) is 0 Å². The number of ether oxygens (including phenoxy) is 1. The lowest BCUT2D eigenvalue weighted by Crippen LogP contribution is -2.40. The van der Waals surface area contributed by atoms with Gasteiger partial charge in [0.1, 0.15) is 5.82 Å². The van der Waals surface area contributed by atoms with Gasteiger partial charge in [-0.2, -0.15) is 0 Å². The summed E-state index contributed by atoms with van der Waals surface area (Å²) >= 11 is 0. The molecule has 2 aliphatic rings. The van der Waals surface area contributed by atoms with Crippen molar-refractivity contribution in [2.24, 2.45) is 10.7 Å². The summed E-state index contributed by atoms with van der Waals surface area (Å²) in [6.07, 6.45) is 9.49. The molecule has 6 nitrogen and oxygen atoms in total. The predicted molar refractivity (Wildman–Crippen MR) is 97.2 cm³/mol. The van der Waals surface area contributed by atoms with Crippen LogP contribution in [-0.2, 0) is 11.3 Å². The molecule has 0 atom stereocenters. The quantitative estimate of drug-likeness (QED) is 0.502. The highest BCUT2D eigenvalue weighted by Crippen LogP contribution is 2.20. The Balaban J connectivity index is 1.60. The number of hydrogen-bond donors (Lipinski definition) is 2. The van der Waals surface area contributed by atoms with E-state index < -0.39 is 0 Å². The van der Waals surface area contributed by atoms with Crippen LogP contribution in [-0.4, -0.2) is 43.3 Å². The molecule has 3 rings (SSSR count). The number of hydrogen-bond acceptors (Lipinski definition) is 4. The van der Waals surface area contributed by atoms with E-state index in [1.165, 1.54) is 38.5 Å². The zero-order chi connectivity index (χ0) is 16.6. The Morgan fingerprint density at radius 2 is 2.00 bits per heavy atom. The van der Waals surface area contributed by atoms with Crippen LogP contribution in [0.1, 0.15) is 44.1 Å². The van der Waals surface area contributed by atoms with Crippen molar-refractivity contribution in [2.45, 2.75) is 51.1 Å². The molecule has 1 aromatic rings. The molecule has 1 aromatic heterocycles. The standard InChI is InChI=1S/C18H29N5O/c19-18(22-16-7-3-1-2-4-8-16)21-14-15-6-5-9-20-17(15)23-10-12-24-13-11-23/h5-6,9,16H,1-4,7-8,10-14H2,(H3,19,21,22). The highest BCUT2D eigenvalue weighted by atomic mass is 16.5. The SMILES string of the molecule is NC(=NCc1cccnc1N1CCOCC1)NC1CCCCCC1. The Kier molecular flexibility index (Phi) is 6.29. The fourth-order valence-corrected chi connectivity index (χ4v) is 3.46. The number of nitrogens with two attached hydrogens (primary N) is 1. The van der Waals surface area contributed by atoms with Gasteiger partial charge in [-0.1, -0.05) is 31.7 Å². The molecule has 1 saturated heterocycles. The number of morpholine rings is 1. The van der Waals surface area contributed by atoms with E-state index in [9.17, 15) is 0 Å². The fourth-order valence-electron chi connectivity index (χ4n) is 3.46. The third-order valence-electron chi connectivity index (χ3n) is 4.81. The molecule has 1 saturated carbocycles. The maximum absolute atomic E-state index is 6.12. The van der Waals surface area contributed by atoms with Crippen LogP contribution in [0, 0.1) is 0 Å². The summed E-state index contributed by atoms with van der Waals surface area (Å²) in [4.78, 5) is 11.4. The smallest absolute Gasteiger partial charge is 0.189 e. The van der Waals surface area contributed by atoms with E-state index in [1.807, 2.05) is 12.3 Å². The lowest BCUT2D eigenvalue weighted by molar-refractivity contribution is 0.122. The highest BCUT2D eigenvalue weighted by Gasteiger charge is 2.16. The zero-order valence-corrected chi connectivity index (χ0v) is 14.4. The van der Waals surface area contributed by atoms with E-state index in [0.717, 1.165) is 37.7 Å². The van der Waals surface area contributed by atoms with Gasteiger partial charge in [0, 0.05) is 30.9 Å². The molecule has 132 valence electrons. The zero-order valence-electron chi connectivity index (χ0n) is 14.4. The average Bonchev–Trinajstić information content (AvgIpc) is 2.90. The number of nitrogens with zero attached hydrogens (tertiary/aromatic N) is 3. The number of rotatable bonds is 4. The number of anilines is 1. The van der Waals surface area contributed by atoms with Gasteiger partial charge in [0.2, 0.25) is 0 Å². The summed E-state index contributed by atoms with van der Waals surface area (Å²) < 4.78 is 5.43. The molecular formula is C18H29N5O. The molecule has 24 heavy (non-hydrogen) atoms. The highest BCUT2D eigenvalue weighted by molar-refractivity contribution is 5.78. The summed E-state index contributed by atoms with van der Waals surface area (Å²) in [6.45, 7) is 3.83. The van der Waals surface area contributed by atoms with Crippen LogP contribution in [0.3, 0.4) is 0 Å². The van der Waals surface area contributed by atoms with Gasteiger partial charge >= 0.3 is 0 Å². The number of pyridine rings is 1. The summed E-state index contributed by atoms with van der Waals surface area (Å²) in [5, 5.41) is 3.40. The van der Waals surface area contributed by atoms with Crippen molar-refractivity contribution in [3.05, 3.63) is 23.9 Å². The van der Waals surface area contributed by atoms with E-state index in [-0.39, 0.29) is 0 Å². The fraction of sp³-hybridized carbons (Fsp3) is 0.667. The van der Waals surface area contributed by atoms with E-state index in [4.69, 9.17) is 10.5 Å². The first kappa shape index (κ1) is 17.0. The molecule has 0 aromatic carbocycles. The maximum atomic E-state index is 6.12. The summed E-state index contributed by atoms with van der Waals surface area (Å²) in [5.74, 6) is 1.56. The number of guanidine groups is 1. The van der Waals surface area contributed by atoms with Crippen LogP contribution in [0.25, 0.3) is 0 Å². The molecule has 1 aliphatic heterocycles. The Morgan fingerprint density at radius 1 is 1.25 bits per heavy atom. The topological polar surface area (TPSA) is 75.8 Å². The van der Waals surface area contributed by atoms with Gasteiger partial charge in [-0.15, -0.1) is 0 Å². The van der Waals surface area contributed by atoms with Crippen molar-refractivity contribution in [2.75, 3.05) is 31.2 Å². The lowest BCUT2D eigenvalue weighted by Gasteiger charge is -2.29. The molecule has 6 heteroatoms. The first-order valence-electron chi connectivity index (χ1n) is 9.16. The van der Waals surface area contributed by atoms with Crippen LogP contribution < -0.4 is 16.0 Å². The van der Waals surface area contributed by atoms with Gasteiger partial charge in [0.15, 0.2) is 5.96 Å². The Bertz CT molecular complexity index is 534. The first-order valence-corrected chi connectivity index (χ1v) is 9.16. The van der Waals surface area contributed by atoms with Crippen molar-refractivity contribution in [3.63, 3.8) is 0 Å². The Labute approximate surface area is 144 Å². The first-order chi connectivity index (χ1) is 11.8. The second-order valence-corrected chi connectivity index (χ2v) is 6.62. The van der Waals surface area contributed by atoms with Crippen LogP contribution in [0.15, 0.2) is 23.3 Å². The molecular weight excluding hydrogens is 302 g/mol. The molecule has 0 spiro atoms. The molecule has 0 amide bonds. The van der Waals surface area contributed by atoms with Crippen LogP contribution in [0.2, 0.25) is 0 Å². The van der Waals surface area contributed by atoms with Crippen LogP contribution >= 0.6 is 0 Å². The average molecular weight is 331 g/mol. The predicted octanol–water partition coefficient (Wildman–Crippen LogP) is 2.05. The van der Waals surface area contributed by atoms with Crippen molar-refractivity contribution in [1.82, 2.24) is 10.3 Å². The normalized spacial score (nSPS) is 20.7. The lowest BCUT2D eigenvalue weighted by atomic mass is 10.1. The Morgan fingerprint density at radius 3 is 2.75 bits per heavy atom. The van der Waals surface area contributed by atoms with E-state index in [1.54, 1.807) is 0 Å². The second-order valence-electron chi connectivity index (χ2n) is 6.62. The van der Waals surface area contributed by atoms with Crippen LogP contribution in [0.4, 0.5) is 5.82 Å². The second kappa shape index (κ2) is 8.87. The number of aliphatic imine (C=N–C) groups is 1. The minimum atomic E-state index is 0.476. The van der Waals surface area contributed by atoms with Crippen molar-refractivity contribution < 1.29 is 4.74 Å². The van der Waals surface area contributed by atoms with Gasteiger partial charge in [-0.25, -0.2) is 9.98 Å². The summed E-state index contributed by atoms with van der Waals surface area (Å²) in [7, 11) is 0. The maximum Gasteiger partial charge on any atom is 0.189 e. The van der Waals surface area contributed by atoms with Gasteiger partial charge < -0.3 is 20.7 Å². The molecule has 0 radical (unpaired) electrons. The molecule has 3 N–H and O–H groups in total. The molecule has 2 fully saturated rings. The van der Waals surface area contributed by atoms with Crippen molar-refractivity contribution >= 4 is 11.8 Å². The van der Waals surface area contributed by atoms with Crippen LogP contribution in [0.5, 0.6) is 0 Å². The van der Waals surface area contributed by atoms with E-state index in [0.29, 0.717) is 18.5 Å². The van der Waals surface area contributed by atoms with E-state index in [2.05, 4.69) is 26.3 Å². The van der Waals surface area contributed by atoms with Gasteiger partial charge in [0.25, 0.3) is 0 Å². The third-order valence-corrected chi connectivity index (χ3v) is 4.81. The molecule has 2 heterocycles.